The largest absolute Gasteiger partial charge is 0.478 e. The summed E-state index contributed by atoms with van der Waals surface area (Å²) in [5.41, 5.74) is 1.72. The summed E-state index contributed by atoms with van der Waals surface area (Å²) in [6.07, 6.45) is 3.33. The van der Waals surface area contributed by atoms with Gasteiger partial charge in [-0.05, 0) is 54.2 Å². The van der Waals surface area contributed by atoms with Crippen LogP contribution in [0.3, 0.4) is 0 Å². The monoisotopic (exact) mass is 341 g/mol. The minimum absolute atomic E-state index is 0.117. The molecule has 1 amide bonds. The van der Waals surface area contributed by atoms with Crippen molar-refractivity contribution in [2.24, 2.45) is 5.92 Å². The molecule has 1 aliphatic rings. The molecule has 2 aromatic rings. The summed E-state index contributed by atoms with van der Waals surface area (Å²) in [5.74, 6) is -1.11. The first-order chi connectivity index (χ1) is 12.0. The lowest BCUT2D eigenvalue weighted by Gasteiger charge is -2.34. The van der Waals surface area contributed by atoms with E-state index in [0.29, 0.717) is 11.5 Å². The molecule has 5 heteroatoms. The third-order valence-corrected chi connectivity index (χ3v) is 4.71. The summed E-state index contributed by atoms with van der Waals surface area (Å²) in [7, 11) is 0. The number of carboxylic acids is 1. The van der Waals surface area contributed by atoms with Gasteiger partial charge in [-0.1, -0.05) is 30.7 Å². The SMILES string of the molecule is O=C(Cc1cccc(C(=O)O)c1)NC(c1ccc(F)cc1)C1CCC1. The molecule has 0 saturated heterocycles. The topological polar surface area (TPSA) is 66.4 Å². The minimum atomic E-state index is -1.01. The molecule has 1 saturated carbocycles. The van der Waals surface area contributed by atoms with Crippen molar-refractivity contribution in [1.29, 1.82) is 0 Å². The lowest BCUT2D eigenvalue weighted by Crippen LogP contribution is -2.37. The molecule has 0 bridgehead atoms. The van der Waals surface area contributed by atoms with Crippen LogP contribution < -0.4 is 5.32 Å². The molecule has 130 valence electrons. The lowest BCUT2D eigenvalue weighted by molar-refractivity contribution is -0.121. The van der Waals surface area contributed by atoms with Crippen molar-refractivity contribution in [3.8, 4) is 0 Å². The van der Waals surface area contributed by atoms with Crippen molar-refractivity contribution >= 4 is 11.9 Å². The number of amides is 1. The minimum Gasteiger partial charge on any atom is -0.478 e. The molecule has 4 nitrogen and oxygen atoms in total. The highest BCUT2D eigenvalue weighted by atomic mass is 19.1. The van der Waals surface area contributed by atoms with E-state index in [-0.39, 0.29) is 29.8 Å². The first-order valence-corrected chi connectivity index (χ1v) is 8.40. The second-order valence-corrected chi connectivity index (χ2v) is 6.47. The Hall–Kier alpha value is -2.69. The van der Waals surface area contributed by atoms with Gasteiger partial charge >= 0.3 is 5.97 Å². The molecule has 3 rings (SSSR count). The van der Waals surface area contributed by atoms with Gasteiger partial charge in [0.1, 0.15) is 5.82 Å². The predicted molar refractivity (Wildman–Crippen MR) is 91.7 cm³/mol. The van der Waals surface area contributed by atoms with Crippen LogP contribution in [0.2, 0.25) is 0 Å². The van der Waals surface area contributed by atoms with E-state index >= 15 is 0 Å². The van der Waals surface area contributed by atoms with Gasteiger partial charge in [-0.2, -0.15) is 0 Å². The Morgan fingerprint density at radius 3 is 2.48 bits per heavy atom. The van der Waals surface area contributed by atoms with Gasteiger partial charge in [-0.15, -0.1) is 0 Å². The Bertz CT molecular complexity index is 769. The standard InChI is InChI=1S/C20H20FNO3/c21-17-9-7-15(8-10-17)19(14-4-2-5-14)22-18(23)12-13-3-1-6-16(11-13)20(24)25/h1,3,6-11,14,19H,2,4-5,12H2,(H,22,23)(H,24,25). The molecule has 2 N–H and O–H groups in total. The number of carboxylic acid groups (broad SMARTS) is 1. The highest BCUT2D eigenvalue weighted by molar-refractivity contribution is 5.88. The Balaban J connectivity index is 1.71. The number of rotatable bonds is 6. The molecular weight excluding hydrogens is 321 g/mol. The fraction of sp³-hybridized carbons (Fsp3) is 0.300. The van der Waals surface area contributed by atoms with E-state index in [0.717, 1.165) is 24.8 Å². The van der Waals surface area contributed by atoms with Crippen LogP contribution in [0.5, 0.6) is 0 Å². The molecule has 1 unspecified atom stereocenters. The molecule has 0 heterocycles. The summed E-state index contributed by atoms with van der Waals surface area (Å²) in [5, 5.41) is 12.1. The number of carbonyl (C=O) groups excluding carboxylic acids is 1. The highest BCUT2D eigenvalue weighted by Gasteiger charge is 2.29. The molecule has 0 radical (unpaired) electrons. The summed E-state index contributed by atoms with van der Waals surface area (Å²) in [4.78, 5) is 23.5. The molecular formula is C20H20FNO3. The van der Waals surface area contributed by atoms with Gasteiger partial charge in [0.25, 0.3) is 0 Å². The summed E-state index contributed by atoms with van der Waals surface area (Å²) < 4.78 is 13.2. The number of hydrogen-bond donors (Lipinski definition) is 2. The van der Waals surface area contributed by atoms with Gasteiger partial charge in [-0.25, -0.2) is 9.18 Å². The Kier molecular flexibility index (Phi) is 5.12. The van der Waals surface area contributed by atoms with Gasteiger partial charge < -0.3 is 10.4 Å². The maximum absolute atomic E-state index is 13.2. The number of hydrogen-bond acceptors (Lipinski definition) is 2. The molecule has 1 atom stereocenters. The van der Waals surface area contributed by atoms with Gasteiger partial charge in [-0.3, -0.25) is 4.79 Å². The highest BCUT2D eigenvalue weighted by Crippen LogP contribution is 2.37. The number of carbonyl (C=O) groups is 2. The summed E-state index contributed by atoms with van der Waals surface area (Å²) >= 11 is 0. The summed E-state index contributed by atoms with van der Waals surface area (Å²) in [6.45, 7) is 0. The average molecular weight is 341 g/mol. The van der Waals surface area contributed by atoms with Gasteiger partial charge in [0.2, 0.25) is 5.91 Å². The van der Waals surface area contributed by atoms with Crippen LogP contribution in [0, 0.1) is 11.7 Å². The number of aromatic carboxylic acids is 1. The van der Waals surface area contributed by atoms with Crippen molar-refractivity contribution in [2.75, 3.05) is 0 Å². The Morgan fingerprint density at radius 1 is 1.16 bits per heavy atom. The van der Waals surface area contributed by atoms with Crippen LogP contribution in [0.15, 0.2) is 48.5 Å². The lowest BCUT2D eigenvalue weighted by atomic mass is 9.77. The van der Waals surface area contributed by atoms with Gasteiger partial charge in [0, 0.05) is 0 Å². The van der Waals surface area contributed by atoms with Crippen LogP contribution in [-0.4, -0.2) is 17.0 Å². The van der Waals surface area contributed by atoms with Crippen LogP contribution in [0.4, 0.5) is 4.39 Å². The van der Waals surface area contributed by atoms with E-state index in [4.69, 9.17) is 5.11 Å². The third kappa shape index (κ3) is 4.24. The van der Waals surface area contributed by atoms with Crippen molar-refractivity contribution in [3.05, 3.63) is 71.0 Å². The van der Waals surface area contributed by atoms with Crippen molar-refractivity contribution in [3.63, 3.8) is 0 Å². The fourth-order valence-corrected chi connectivity index (χ4v) is 3.14. The van der Waals surface area contributed by atoms with E-state index in [9.17, 15) is 14.0 Å². The van der Waals surface area contributed by atoms with Crippen LogP contribution in [-0.2, 0) is 11.2 Å². The van der Waals surface area contributed by atoms with E-state index in [2.05, 4.69) is 5.32 Å². The Labute approximate surface area is 145 Å². The zero-order valence-electron chi connectivity index (χ0n) is 13.7. The first-order valence-electron chi connectivity index (χ1n) is 8.40. The molecule has 1 aliphatic carbocycles. The van der Waals surface area contributed by atoms with Crippen molar-refractivity contribution < 1.29 is 19.1 Å². The van der Waals surface area contributed by atoms with Crippen LogP contribution in [0.1, 0.15) is 46.8 Å². The average Bonchev–Trinajstić information content (AvgIpc) is 2.53. The molecule has 25 heavy (non-hydrogen) atoms. The first kappa shape index (κ1) is 17.1. The smallest absolute Gasteiger partial charge is 0.335 e. The zero-order valence-corrected chi connectivity index (χ0v) is 13.7. The second-order valence-electron chi connectivity index (χ2n) is 6.47. The van der Waals surface area contributed by atoms with E-state index in [1.807, 2.05) is 0 Å². The predicted octanol–water partition coefficient (Wildman–Crippen LogP) is 3.72. The second kappa shape index (κ2) is 7.47. The van der Waals surface area contributed by atoms with Gasteiger partial charge in [0.15, 0.2) is 0 Å². The quantitative estimate of drug-likeness (QED) is 0.841. The van der Waals surface area contributed by atoms with E-state index in [1.165, 1.54) is 24.3 Å². The molecule has 0 aliphatic heterocycles. The molecule has 0 aromatic heterocycles. The van der Waals surface area contributed by atoms with E-state index < -0.39 is 5.97 Å². The molecule has 2 aromatic carbocycles. The van der Waals surface area contributed by atoms with Crippen LogP contribution >= 0.6 is 0 Å². The van der Waals surface area contributed by atoms with Crippen LogP contribution in [0.25, 0.3) is 0 Å². The third-order valence-electron chi connectivity index (χ3n) is 4.71. The number of nitrogens with one attached hydrogen (secondary N) is 1. The molecule has 0 spiro atoms. The van der Waals surface area contributed by atoms with E-state index in [1.54, 1.807) is 24.3 Å². The fourth-order valence-electron chi connectivity index (χ4n) is 3.14. The van der Waals surface area contributed by atoms with Crippen molar-refractivity contribution in [1.82, 2.24) is 5.32 Å². The zero-order chi connectivity index (χ0) is 17.8. The normalized spacial score (nSPS) is 15.2. The molecule has 1 fully saturated rings. The maximum atomic E-state index is 13.2. The Morgan fingerprint density at radius 2 is 1.88 bits per heavy atom. The summed E-state index contributed by atoms with van der Waals surface area (Å²) in [6, 6.07) is 12.5. The number of benzene rings is 2. The van der Waals surface area contributed by atoms with Gasteiger partial charge in [0.05, 0.1) is 18.0 Å². The number of halogens is 1. The maximum Gasteiger partial charge on any atom is 0.335 e. The van der Waals surface area contributed by atoms with Crippen molar-refractivity contribution in [2.45, 2.75) is 31.7 Å².